The zero-order valence-corrected chi connectivity index (χ0v) is 12.5. The third-order valence-corrected chi connectivity index (χ3v) is 6.22. The van der Waals surface area contributed by atoms with Gasteiger partial charge in [-0.25, -0.2) is 8.42 Å². The first-order chi connectivity index (χ1) is 9.04. The van der Waals surface area contributed by atoms with Crippen molar-refractivity contribution in [3.8, 4) is 0 Å². The van der Waals surface area contributed by atoms with Crippen molar-refractivity contribution in [2.24, 2.45) is 0 Å². The quantitative estimate of drug-likeness (QED) is 0.860. The fourth-order valence-electron chi connectivity index (χ4n) is 2.03. The van der Waals surface area contributed by atoms with Gasteiger partial charge in [0.1, 0.15) is 0 Å². The maximum atomic E-state index is 12.5. The molecule has 2 rings (SSSR count). The second kappa shape index (κ2) is 6.13. The molecule has 1 heterocycles. The van der Waals surface area contributed by atoms with E-state index in [0.717, 1.165) is 5.56 Å². The third-order valence-electron chi connectivity index (χ3n) is 3.05. The van der Waals surface area contributed by atoms with Crippen LogP contribution in [0.4, 0.5) is 0 Å². The van der Waals surface area contributed by atoms with Gasteiger partial charge in [-0.1, -0.05) is 12.1 Å². The van der Waals surface area contributed by atoms with E-state index in [1.165, 1.54) is 4.31 Å². The number of hydrogen-bond acceptors (Lipinski definition) is 4. The van der Waals surface area contributed by atoms with Crippen molar-refractivity contribution in [2.75, 3.05) is 31.6 Å². The summed E-state index contributed by atoms with van der Waals surface area (Å²) in [5, 5.41) is 3.00. The molecule has 0 bridgehead atoms. The Bertz CT molecular complexity index is 562. The molecule has 1 aliphatic heterocycles. The van der Waals surface area contributed by atoms with Gasteiger partial charge in [0, 0.05) is 41.9 Å². The minimum atomic E-state index is -3.46. The molecule has 0 amide bonds. The molecule has 1 aliphatic rings. The zero-order valence-electron chi connectivity index (χ0n) is 10.8. The molecule has 1 aromatic rings. The molecule has 0 radical (unpaired) electrons. The summed E-state index contributed by atoms with van der Waals surface area (Å²) in [5.74, 6) is 0.852. The molecule has 19 heavy (non-hydrogen) atoms. The Morgan fingerprint density at radius 2 is 2.00 bits per heavy atom. The highest BCUT2D eigenvalue weighted by Gasteiger charge is 2.28. The van der Waals surface area contributed by atoms with E-state index in [2.05, 4.69) is 5.32 Å². The molecule has 1 aromatic carbocycles. The molecule has 0 atom stereocenters. The molecule has 0 unspecified atom stereocenters. The number of rotatable bonds is 4. The lowest BCUT2D eigenvalue weighted by Crippen LogP contribution is -2.41. The van der Waals surface area contributed by atoms with Gasteiger partial charge in [0.15, 0.2) is 0 Å². The van der Waals surface area contributed by atoms with Gasteiger partial charge < -0.3 is 5.32 Å². The van der Waals surface area contributed by atoms with Crippen LogP contribution in [-0.4, -0.2) is 48.6 Å². The first-order valence-electron chi connectivity index (χ1n) is 6.12. The third kappa shape index (κ3) is 3.42. The largest absolute Gasteiger partial charge is 0.316 e. The Balaban J connectivity index is 2.23. The van der Waals surface area contributed by atoms with Crippen LogP contribution in [0.25, 0.3) is 0 Å². The predicted molar refractivity (Wildman–Crippen MR) is 75.8 cm³/mol. The minimum Gasteiger partial charge on any atom is -0.316 e. The van der Waals surface area contributed by atoms with Crippen LogP contribution in [-0.2, 0) is 27.4 Å². The molecular formula is C12H18N2O3S2. The summed E-state index contributed by atoms with van der Waals surface area (Å²) in [6, 6.07) is 6.94. The molecular weight excluding hydrogens is 284 g/mol. The van der Waals surface area contributed by atoms with Crippen LogP contribution in [0.15, 0.2) is 29.2 Å². The molecule has 5 nitrogen and oxygen atoms in total. The average molecular weight is 302 g/mol. The Kier molecular flexibility index (Phi) is 4.72. The Labute approximate surface area is 116 Å². The van der Waals surface area contributed by atoms with Crippen LogP contribution >= 0.6 is 0 Å². The van der Waals surface area contributed by atoms with Crippen LogP contribution in [0.5, 0.6) is 0 Å². The van der Waals surface area contributed by atoms with Crippen molar-refractivity contribution in [1.82, 2.24) is 9.62 Å². The summed E-state index contributed by atoms with van der Waals surface area (Å²) in [7, 11) is -2.51. The average Bonchev–Trinajstić information content (AvgIpc) is 2.40. The van der Waals surface area contributed by atoms with Gasteiger partial charge >= 0.3 is 0 Å². The van der Waals surface area contributed by atoms with Crippen molar-refractivity contribution in [1.29, 1.82) is 0 Å². The van der Waals surface area contributed by atoms with Gasteiger partial charge in [0.2, 0.25) is 10.0 Å². The Morgan fingerprint density at radius 1 is 1.32 bits per heavy atom. The molecule has 0 spiro atoms. The number of hydrogen-bond donors (Lipinski definition) is 1. The number of nitrogens with one attached hydrogen (secondary N) is 1. The molecule has 1 fully saturated rings. The molecule has 0 aromatic heterocycles. The number of sulfonamides is 1. The van der Waals surface area contributed by atoms with E-state index >= 15 is 0 Å². The van der Waals surface area contributed by atoms with Gasteiger partial charge in [-0.15, -0.1) is 0 Å². The van der Waals surface area contributed by atoms with E-state index in [9.17, 15) is 12.6 Å². The standard InChI is InChI=1S/C12H18N2O3S2/c1-13-10-11-3-2-4-12(9-11)19(16,17)14-5-7-18(15)8-6-14/h2-4,9,13H,5-8,10H2,1H3. The smallest absolute Gasteiger partial charge is 0.243 e. The Morgan fingerprint density at radius 3 is 2.63 bits per heavy atom. The van der Waals surface area contributed by atoms with E-state index in [1.807, 2.05) is 13.1 Å². The summed E-state index contributed by atoms with van der Waals surface area (Å²) in [6.45, 7) is 1.31. The fourth-order valence-corrected chi connectivity index (χ4v) is 4.83. The van der Waals surface area contributed by atoms with Crippen molar-refractivity contribution in [2.45, 2.75) is 11.4 Å². The highest BCUT2D eigenvalue weighted by atomic mass is 32.2. The van der Waals surface area contributed by atoms with Crippen LogP contribution in [0, 0.1) is 0 Å². The van der Waals surface area contributed by atoms with E-state index < -0.39 is 20.8 Å². The number of nitrogens with zero attached hydrogens (tertiary/aromatic N) is 1. The van der Waals surface area contributed by atoms with E-state index in [4.69, 9.17) is 0 Å². The fraction of sp³-hybridized carbons (Fsp3) is 0.500. The maximum absolute atomic E-state index is 12.5. The van der Waals surface area contributed by atoms with Gasteiger partial charge in [-0.2, -0.15) is 4.31 Å². The second-order valence-electron chi connectivity index (χ2n) is 4.43. The Hall–Kier alpha value is -0.760. The summed E-state index contributed by atoms with van der Waals surface area (Å²) in [6.07, 6.45) is 0. The van der Waals surface area contributed by atoms with Crippen LogP contribution in [0.3, 0.4) is 0 Å². The maximum Gasteiger partial charge on any atom is 0.243 e. The summed E-state index contributed by atoms with van der Waals surface area (Å²) in [4.78, 5) is 0.313. The topological polar surface area (TPSA) is 66.5 Å². The first-order valence-corrected chi connectivity index (χ1v) is 9.05. The number of benzene rings is 1. The lowest BCUT2D eigenvalue weighted by molar-refractivity contribution is 0.438. The zero-order chi connectivity index (χ0) is 13.9. The lowest BCUT2D eigenvalue weighted by atomic mass is 10.2. The van der Waals surface area contributed by atoms with Crippen molar-refractivity contribution >= 4 is 20.8 Å². The lowest BCUT2D eigenvalue weighted by Gasteiger charge is -2.25. The normalized spacial score (nSPS) is 18.6. The minimum absolute atomic E-state index is 0.313. The predicted octanol–water partition coefficient (Wildman–Crippen LogP) is 0.159. The SMILES string of the molecule is CNCc1cccc(S(=O)(=O)N2CCS(=O)CC2)c1. The summed E-state index contributed by atoms with van der Waals surface area (Å²) >= 11 is 0. The second-order valence-corrected chi connectivity index (χ2v) is 8.06. The van der Waals surface area contributed by atoms with Gasteiger partial charge in [-0.3, -0.25) is 4.21 Å². The highest BCUT2D eigenvalue weighted by Crippen LogP contribution is 2.18. The van der Waals surface area contributed by atoms with Crippen LogP contribution in [0.2, 0.25) is 0 Å². The molecule has 1 saturated heterocycles. The van der Waals surface area contributed by atoms with E-state index in [0.29, 0.717) is 36.0 Å². The highest BCUT2D eigenvalue weighted by molar-refractivity contribution is 7.89. The van der Waals surface area contributed by atoms with Gasteiger partial charge in [-0.05, 0) is 24.7 Å². The van der Waals surface area contributed by atoms with Crippen molar-refractivity contribution in [3.63, 3.8) is 0 Å². The van der Waals surface area contributed by atoms with Crippen molar-refractivity contribution < 1.29 is 12.6 Å². The van der Waals surface area contributed by atoms with Crippen LogP contribution < -0.4 is 5.32 Å². The van der Waals surface area contributed by atoms with E-state index in [-0.39, 0.29) is 0 Å². The monoisotopic (exact) mass is 302 g/mol. The van der Waals surface area contributed by atoms with Crippen LogP contribution in [0.1, 0.15) is 5.56 Å². The molecule has 1 N–H and O–H groups in total. The molecule has 7 heteroatoms. The van der Waals surface area contributed by atoms with Gasteiger partial charge in [0.25, 0.3) is 0 Å². The van der Waals surface area contributed by atoms with Gasteiger partial charge in [0.05, 0.1) is 4.90 Å². The molecule has 0 aliphatic carbocycles. The summed E-state index contributed by atoms with van der Waals surface area (Å²) < 4.78 is 37.6. The van der Waals surface area contributed by atoms with E-state index in [1.54, 1.807) is 18.2 Å². The van der Waals surface area contributed by atoms with Crippen molar-refractivity contribution in [3.05, 3.63) is 29.8 Å². The molecule has 0 saturated carbocycles. The summed E-state index contributed by atoms with van der Waals surface area (Å²) in [5.41, 5.74) is 0.934. The molecule has 106 valence electrons. The first kappa shape index (κ1) is 14.6.